The van der Waals surface area contributed by atoms with Crippen LogP contribution in [0.25, 0.3) is 0 Å². The molecular formula is C25H37ClN4O4. The Balaban J connectivity index is 1.38. The van der Waals surface area contributed by atoms with Crippen molar-refractivity contribution in [1.29, 1.82) is 0 Å². The van der Waals surface area contributed by atoms with Crippen LogP contribution in [0.4, 0.5) is 0 Å². The molecule has 3 heterocycles. The molecule has 8 nitrogen and oxygen atoms in total. The Morgan fingerprint density at radius 3 is 2.29 bits per heavy atom. The Morgan fingerprint density at radius 1 is 0.941 bits per heavy atom. The molecule has 0 aromatic heterocycles. The number of carbonyl (C=O) groups excluding carboxylic acids is 2. The van der Waals surface area contributed by atoms with Crippen LogP contribution in [-0.4, -0.2) is 116 Å². The number of likely N-dealkylation sites (N-methyl/N-ethyl adjacent to an activating group) is 1. The van der Waals surface area contributed by atoms with Crippen LogP contribution in [0.15, 0.2) is 24.3 Å². The van der Waals surface area contributed by atoms with Gasteiger partial charge in [-0.1, -0.05) is 18.5 Å². The van der Waals surface area contributed by atoms with Gasteiger partial charge in [0.1, 0.15) is 11.9 Å². The number of halogens is 1. The lowest BCUT2D eigenvalue weighted by molar-refractivity contribution is -0.142. The largest absolute Gasteiger partial charge is 0.490 e. The molecule has 9 heteroatoms. The summed E-state index contributed by atoms with van der Waals surface area (Å²) in [5.41, 5.74) is 0. The van der Waals surface area contributed by atoms with Crippen LogP contribution in [-0.2, 0) is 14.3 Å². The number of piperazine rings is 1. The van der Waals surface area contributed by atoms with Gasteiger partial charge in [-0.05, 0) is 30.8 Å². The van der Waals surface area contributed by atoms with Crippen LogP contribution >= 0.6 is 11.6 Å². The van der Waals surface area contributed by atoms with Crippen LogP contribution in [0.3, 0.4) is 0 Å². The first-order valence-electron chi connectivity index (χ1n) is 12.5. The predicted molar refractivity (Wildman–Crippen MR) is 131 cm³/mol. The fourth-order valence-electron chi connectivity index (χ4n) is 5.00. The summed E-state index contributed by atoms with van der Waals surface area (Å²) in [5.74, 6) is 0.953. The fourth-order valence-corrected chi connectivity index (χ4v) is 5.12. The molecule has 4 rings (SSSR count). The van der Waals surface area contributed by atoms with Gasteiger partial charge >= 0.3 is 0 Å². The third kappa shape index (κ3) is 6.84. The molecule has 0 N–H and O–H groups in total. The van der Waals surface area contributed by atoms with Crippen molar-refractivity contribution >= 4 is 23.4 Å². The van der Waals surface area contributed by atoms with Gasteiger partial charge in [-0.2, -0.15) is 0 Å². The molecule has 188 valence electrons. The van der Waals surface area contributed by atoms with Crippen molar-refractivity contribution in [2.45, 2.75) is 25.9 Å². The molecule has 1 aromatic rings. The molecule has 0 bridgehead atoms. The summed E-state index contributed by atoms with van der Waals surface area (Å²) >= 11 is 6.02. The second kappa shape index (κ2) is 12.2. The molecule has 3 saturated heterocycles. The lowest BCUT2D eigenvalue weighted by Gasteiger charge is -2.40. The summed E-state index contributed by atoms with van der Waals surface area (Å²) in [6, 6.07) is 7.33. The van der Waals surface area contributed by atoms with E-state index in [-0.39, 0.29) is 23.8 Å². The first-order valence-corrected chi connectivity index (χ1v) is 12.9. The van der Waals surface area contributed by atoms with E-state index in [0.717, 1.165) is 38.5 Å². The lowest BCUT2D eigenvalue weighted by atomic mass is 9.90. The minimum absolute atomic E-state index is 0.0549. The standard InChI is InChI=1S/C25H37ClN4O4/c1-2-27-9-11-28(12-10-27)19-25(32)30-8-7-23(34-22-5-3-21(26)4-6-22)20(18-30)17-24(31)29-13-15-33-16-14-29/h3-6,20,23H,2,7-19H2,1H3/t20-,23-/m0/s1. The normalized spacial score (nSPS) is 24.8. The quantitative estimate of drug-likeness (QED) is 0.578. The molecule has 34 heavy (non-hydrogen) atoms. The summed E-state index contributed by atoms with van der Waals surface area (Å²) in [7, 11) is 0. The van der Waals surface area contributed by atoms with E-state index in [0.29, 0.717) is 63.8 Å². The number of amides is 2. The van der Waals surface area contributed by atoms with Crippen LogP contribution in [0.1, 0.15) is 19.8 Å². The van der Waals surface area contributed by atoms with Gasteiger partial charge in [-0.25, -0.2) is 0 Å². The highest BCUT2D eigenvalue weighted by atomic mass is 35.5. The summed E-state index contributed by atoms with van der Waals surface area (Å²) in [6.45, 7) is 11.2. The predicted octanol–water partition coefficient (Wildman–Crippen LogP) is 1.82. The molecule has 2 atom stereocenters. The van der Waals surface area contributed by atoms with Crippen molar-refractivity contribution in [3.8, 4) is 5.75 Å². The van der Waals surface area contributed by atoms with E-state index >= 15 is 0 Å². The first-order chi connectivity index (χ1) is 16.5. The van der Waals surface area contributed by atoms with Crippen molar-refractivity contribution in [2.75, 3.05) is 78.7 Å². The minimum Gasteiger partial charge on any atom is -0.490 e. The van der Waals surface area contributed by atoms with Gasteiger partial charge in [0.05, 0.1) is 19.8 Å². The number of benzene rings is 1. The Morgan fingerprint density at radius 2 is 1.62 bits per heavy atom. The Hall–Kier alpha value is -1.87. The zero-order valence-corrected chi connectivity index (χ0v) is 20.9. The van der Waals surface area contributed by atoms with Gasteiger partial charge < -0.3 is 24.2 Å². The van der Waals surface area contributed by atoms with E-state index in [2.05, 4.69) is 16.7 Å². The summed E-state index contributed by atoms with van der Waals surface area (Å²) in [5, 5.41) is 0.659. The number of ether oxygens (including phenoxy) is 2. The number of hydrogen-bond donors (Lipinski definition) is 0. The van der Waals surface area contributed by atoms with Crippen molar-refractivity contribution in [3.63, 3.8) is 0 Å². The number of nitrogens with zero attached hydrogens (tertiary/aromatic N) is 4. The van der Waals surface area contributed by atoms with Crippen molar-refractivity contribution in [1.82, 2.24) is 19.6 Å². The third-order valence-electron chi connectivity index (χ3n) is 7.19. The lowest BCUT2D eigenvalue weighted by Crippen LogP contribution is -2.54. The zero-order chi connectivity index (χ0) is 23.9. The third-order valence-corrected chi connectivity index (χ3v) is 7.44. The van der Waals surface area contributed by atoms with Gasteiger partial charge in [0.25, 0.3) is 0 Å². The number of rotatable bonds is 7. The van der Waals surface area contributed by atoms with Crippen LogP contribution in [0.5, 0.6) is 5.75 Å². The van der Waals surface area contributed by atoms with Gasteiger partial charge in [-0.3, -0.25) is 14.5 Å². The minimum atomic E-state index is -0.122. The van der Waals surface area contributed by atoms with Crippen LogP contribution < -0.4 is 4.74 Å². The summed E-state index contributed by atoms with van der Waals surface area (Å²) in [4.78, 5) is 34.7. The SMILES string of the molecule is CCN1CCN(CC(=O)N2CC[C@H](Oc3ccc(Cl)cc3)[C@@H](CC(=O)N3CCOCC3)C2)CC1. The van der Waals surface area contributed by atoms with Gasteiger partial charge in [0, 0.05) is 76.1 Å². The second-order valence-corrected chi connectivity index (χ2v) is 9.84. The second-order valence-electron chi connectivity index (χ2n) is 9.41. The Bertz CT molecular complexity index is 810. The molecular weight excluding hydrogens is 456 g/mol. The molecule has 0 saturated carbocycles. The Kier molecular flexibility index (Phi) is 9.05. The highest BCUT2D eigenvalue weighted by molar-refractivity contribution is 6.30. The van der Waals surface area contributed by atoms with Gasteiger partial charge in [-0.15, -0.1) is 0 Å². The maximum Gasteiger partial charge on any atom is 0.236 e. The average molecular weight is 493 g/mol. The van der Waals surface area contributed by atoms with E-state index < -0.39 is 0 Å². The van der Waals surface area contributed by atoms with Crippen molar-refractivity contribution < 1.29 is 19.1 Å². The highest BCUT2D eigenvalue weighted by Crippen LogP contribution is 2.27. The van der Waals surface area contributed by atoms with E-state index in [4.69, 9.17) is 21.1 Å². The van der Waals surface area contributed by atoms with Crippen LogP contribution in [0.2, 0.25) is 5.02 Å². The number of likely N-dealkylation sites (tertiary alicyclic amines) is 1. The highest BCUT2D eigenvalue weighted by Gasteiger charge is 2.36. The number of hydrogen-bond acceptors (Lipinski definition) is 6. The number of piperidine rings is 1. The van der Waals surface area contributed by atoms with E-state index in [1.165, 1.54) is 0 Å². The fraction of sp³-hybridized carbons (Fsp3) is 0.680. The maximum atomic E-state index is 13.2. The molecule has 1 aromatic carbocycles. The zero-order valence-electron chi connectivity index (χ0n) is 20.2. The van der Waals surface area contributed by atoms with E-state index in [1.807, 2.05) is 34.1 Å². The van der Waals surface area contributed by atoms with E-state index in [9.17, 15) is 9.59 Å². The van der Waals surface area contributed by atoms with E-state index in [1.54, 1.807) is 0 Å². The molecule has 0 aliphatic carbocycles. The monoisotopic (exact) mass is 492 g/mol. The van der Waals surface area contributed by atoms with Gasteiger partial charge in [0.15, 0.2) is 0 Å². The van der Waals surface area contributed by atoms with Gasteiger partial charge in [0.2, 0.25) is 11.8 Å². The summed E-state index contributed by atoms with van der Waals surface area (Å²) < 4.78 is 11.7. The molecule has 2 amide bonds. The molecule has 3 aliphatic heterocycles. The number of morpholine rings is 1. The van der Waals surface area contributed by atoms with Crippen molar-refractivity contribution in [3.05, 3.63) is 29.3 Å². The first kappa shape index (κ1) is 25.2. The maximum absolute atomic E-state index is 13.2. The smallest absolute Gasteiger partial charge is 0.236 e. The summed E-state index contributed by atoms with van der Waals surface area (Å²) in [6.07, 6.45) is 0.958. The van der Waals surface area contributed by atoms with Crippen molar-refractivity contribution in [2.24, 2.45) is 5.92 Å². The topological polar surface area (TPSA) is 65.6 Å². The molecule has 0 radical (unpaired) electrons. The Labute approximate surface area is 207 Å². The molecule has 0 spiro atoms. The molecule has 0 unspecified atom stereocenters. The van der Waals surface area contributed by atoms with Crippen LogP contribution in [0, 0.1) is 5.92 Å². The molecule has 3 fully saturated rings. The number of carbonyl (C=O) groups is 2. The average Bonchev–Trinajstić information content (AvgIpc) is 2.87. The molecule has 3 aliphatic rings.